The van der Waals surface area contributed by atoms with Crippen LogP contribution >= 0.6 is 0 Å². The fourth-order valence-corrected chi connectivity index (χ4v) is 3.32. The number of rotatable bonds is 6. The van der Waals surface area contributed by atoms with Crippen molar-refractivity contribution in [2.24, 2.45) is 0 Å². The van der Waals surface area contributed by atoms with E-state index in [4.69, 9.17) is 0 Å². The smallest absolute Gasteiger partial charge is 0.319 e. The molecular formula is C27H21N5O3. The second kappa shape index (κ2) is 11.2. The van der Waals surface area contributed by atoms with Gasteiger partial charge in [0.25, 0.3) is 5.69 Å². The molecule has 0 saturated carbocycles. The van der Waals surface area contributed by atoms with E-state index in [1.54, 1.807) is 42.9 Å². The molecule has 0 aliphatic carbocycles. The number of aromatic nitrogens is 2. The summed E-state index contributed by atoms with van der Waals surface area (Å²) in [4.78, 5) is 31.3. The number of nitro benzene ring substituents is 1. The Kier molecular flexibility index (Phi) is 7.41. The summed E-state index contributed by atoms with van der Waals surface area (Å²) in [6.45, 7) is 0.469. The number of nitrogens with zero attached hydrogens (tertiary/aromatic N) is 3. The van der Waals surface area contributed by atoms with Crippen LogP contribution in [0.3, 0.4) is 0 Å². The van der Waals surface area contributed by atoms with Gasteiger partial charge in [0, 0.05) is 59.6 Å². The van der Waals surface area contributed by atoms with Crippen molar-refractivity contribution < 1.29 is 9.72 Å². The standard InChI is InChI=1S/C27H21N5O3/c33-27(30-17-14-21-4-3-15-28-19-21)31-23-10-13-25(26-5-1-2-16-29-26)22(18-23)9-6-20-7-11-24(12-8-20)32(34)35/h1-5,7-8,10-13,15-16,18-19H,14,17H2,(H2,30,31,33). The number of urea groups is 1. The molecule has 8 heteroatoms. The highest BCUT2D eigenvalue weighted by molar-refractivity contribution is 5.90. The van der Waals surface area contributed by atoms with E-state index >= 15 is 0 Å². The molecule has 0 unspecified atom stereocenters. The van der Waals surface area contributed by atoms with E-state index < -0.39 is 4.92 Å². The summed E-state index contributed by atoms with van der Waals surface area (Å²) < 4.78 is 0. The highest BCUT2D eigenvalue weighted by Gasteiger charge is 2.09. The predicted molar refractivity (Wildman–Crippen MR) is 134 cm³/mol. The zero-order valence-corrected chi connectivity index (χ0v) is 18.6. The minimum Gasteiger partial charge on any atom is -0.338 e. The summed E-state index contributed by atoms with van der Waals surface area (Å²) in [6, 6.07) is 20.5. The maximum atomic E-state index is 12.4. The molecule has 0 bridgehead atoms. The van der Waals surface area contributed by atoms with E-state index in [1.165, 1.54) is 12.1 Å². The van der Waals surface area contributed by atoms with Gasteiger partial charge >= 0.3 is 6.03 Å². The van der Waals surface area contributed by atoms with Crippen molar-refractivity contribution in [1.82, 2.24) is 15.3 Å². The Balaban J connectivity index is 1.52. The fourth-order valence-electron chi connectivity index (χ4n) is 3.32. The molecule has 4 aromatic rings. The number of pyridine rings is 2. The van der Waals surface area contributed by atoms with E-state index in [0.717, 1.165) is 16.8 Å². The number of benzene rings is 2. The number of hydrogen-bond donors (Lipinski definition) is 2. The lowest BCUT2D eigenvalue weighted by Gasteiger charge is -2.10. The fraction of sp³-hybridized carbons (Fsp3) is 0.0741. The number of non-ortho nitro benzene ring substituents is 1. The SMILES string of the molecule is O=C(NCCc1cccnc1)Nc1ccc(-c2ccccn2)c(C#Cc2ccc([N+](=O)[O-])cc2)c1. The Hall–Kier alpha value is -5.03. The van der Waals surface area contributed by atoms with E-state index in [9.17, 15) is 14.9 Å². The van der Waals surface area contributed by atoms with Gasteiger partial charge in [0.2, 0.25) is 0 Å². The number of carbonyl (C=O) groups is 1. The van der Waals surface area contributed by atoms with Gasteiger partial charge in [0.05, 0.1) is 10.6 Å². The van der Waals surface area contributed by atoms with E-state index in [2.05, 4.69) is 32.4 Å². The molecule has 4 rings (SSSR count). The molecule has 0 saturated heterocycles. The molecule has 2 N–H and O–H groups in total. The van der Waals surface area contributed by atoms with Crippen molar-refractivity contribution in [3.05, 3.63) is 118 Å². The van der Waals surface area contributed by atoms with Crippen LogP contribution in [0.15, 0.2) is 91.4 Å². The van der Waals surface area contributed by atoms with Crippen molar-refractivity contribution in [3.63, 3.8) is 0 Å². The summed E-state index contributed by atoms with van der Waals surface area (Å²) in [5.74, 6) is 6.15. The third kappa shape index (κ3) is 6.49. The molecule has 2 amide bonds. The van der Waals surface area contributed by atoms with Crippen molar-refractivity contribution in [2.45, 2.75) is 6.42 Å². The first-order valence-electron chi connectivity index (χ1n) is 10.8. The zero-order valence-electron chi connectivity index (χ0n) is 18.6. The van der Waals surface area contributed by atoms with Gasteiger partial charge in [-0.15, -0.1) is 0 Å². The Bertz CT molecular complexity index is 1380. The van der Waals surface area contributed by atoms with E-state index in [0.29, 0.717) is 29.8 Å². The summed E-state index contributed by atoms with van der Waals surface area (Å²) in [5.41, 5.74) is 4.47. The van der Waals surface area contributed by atoms with Gasteiger partial charge in [0.1, 0.15) is 0 Å². The zero-order chi connectivity index (χ0) is 24.5. The van der Waals surface area contributed by atoms with Crippen molar-refractivity contribution in [1.29, 1.82) is 0 Å². The molecule has 0 radical (unpaired) electrons. The summed E-state index contributed by atoms with van der Waals surface area (Å²) in [6.07, 6.45) is 5.85. The summed E-state index contributed by atoms with van der Waals surface area (Å²) in [5, 5.41) is 16.5. The normalized spacial score (nSPS) is 10.1. The Labute approximate surface area is 202 Å². The molecule has 0 spiro atoms. The van der Waals surface area contributed by atoms with Crippen LogP contribution in [-0.2, 0) is 6.42 Å². The topological polar surface area (TPSA) is 110 Å². The predicted octanol–water partition coefficient (Wildman–Crippen LogP) is 4.82. The molecule has 0 aliphatic heterocycles. The summed E-state index contributed by atoms with van der Waals surface area (Å²) in [7, 11) is 0. The van der Waals surface area contributed by atoms with Gasteiger partial charge in [-0.05, 0) is 60.5 Å². The first kappa shape index (κ1) is 23.1. The van der Waals surface area contributed by atoms with Gasteiger partial charge in [-0.3, -0.25) is 20.1 Å². The highest BCUT2D eigenvalue weighted by Crippen LogP contribution is 2.24. The van der Waals surface area contributed by atoms with E-state index in [1.807, 2.05) is 36.4 Å². The van der Waals surface area contributed by atoms with Crippen molar-refractivity contribution >= 4 is 17.4 Å². The highest BCUT2D eigenvalue weighted by atomic mass is 16.6. The van der Waals surface area contributed by atoms with Crippen LogP contribution < -0.4 is 10.6 Å². The van der Waals surface area contributed by atoms with Gasteiger partial charge in [-0.2, -0.15) is 0 Å². The molecule has 8 nitrogen and oxygen atoms in total. The second-order valence-electron chi connectivity index (χ2n) is 7.52. The first-order valence-corrected chi connectivity index (χ1v) is 10.8. The Morgan fingerprint density at radius 1 is 0.971 bits per heavy atom. The molecule has 0 atom stereocenters. The number of carbonyl (C=O) groups excluding carboxylic acids is 1. The molecule has 2 aromatic carbocycles. The average Bonchev–Trinajstić information content (AvgIpc) is 2.89. The van der Waals surface area contributed by atoms with Gasteiger partial charge in [-0.1, -0.05) is 24.0 Å². The molecular weight excluding hydrogens is 442 g/mol. The number of nitro groups is 1. The molecule has 0 aliphatic rings. The quantitative estimate of drug-likeness (QED) is 0.242. The molecule has 35 heavy (non-hydrogen) atoms. The van der Waals surface area contributed by atoms with Crippen LogP contribution in [0.1, 0.15) is 16.7 Å². The lowest BCUT2D eigenvalue weighted by molar-refractivity contribution is -0.384. The second-order valence-corrected chi connectivity index (χ2v) is 7.52. The third-order valence-electron chi connectivity index (χ3n) is 5.06. The van der Waals surface area contributed by atoms with Crippen molar-refractivity contribution in [2.75, 3.05) is 11.9 Å². The van der Waals surface area contributed by atoms with Crippen molar-refractivity contribution in [3.8, 4) is 23.1 Å². The van der Waals surface area contributed by atoms with Crippen LogP contribution in [-0.4, -0.2) is 27.5 Å². The minimum atomic E-state index is -0.451. The molecule has 2 aromatic heterocycles. The summed E-state index contributed by atoms with van der Waals surface area (Å²) >= 11 is 0. The largest absolute Gasteiger partial charge is 0.338 e. The maximum Gasteiger partial charge on any atom is 0.319 e. The molecule has 0 fully saturated rings. The monoisotopic (exact) mass is 463 g/mol. The minimum absolute atomic E-state index is 0.00506. The van der Waals surface area contributed by atoms with Crippen LogP contribution in [0.2, 0.25) is 0 Å². The number of anilines is 1. The molecule has 2 heterocycles. The lowest BCUT2D eigenvalue weighted by Crippen LogP contribution is -2.30. The number of amides is 2. The van der Waals surface area contributed by atoms with Gasteiger partial charge < -0.3 is 10.6 Å². The molecule has 172 valence electrons. The maximum absolute atomic E-state index is 12.4. The van der Waals surface area contributed by atoms with Gasteiger partial charge in [0.15, 0.2) is 0 Å². The van der Waals surface area contributed by atoms with Crippen LogP contribution in [0.4, 0.5) is 16.2 Å². The van der Waals surface area contributed by atoms with Crippen LogP contribution in [0.25, 0.3) is 11.3 Å². The van der Waals surface area contributed by atoms with Crippen LogP contribution in [0.5, 0.6) is 0 Å². The lowest BCUT2D eigenvalue weighted by atomic mass is 10.0. The van der Waals surface area contributed by atoms with Crippen LogP contribution in [0, 0.1) is 22.0 Å². The first-order chi connectivity index (χ1) is 17.1. The Morgan fingerprint density at radius 3 is 2.54 bits per heavy atom. The van der Waals surface area contributed by atoms with E-state index in [-0.39, 0.29) is 11.7 Å². The number of nitrogens with one attached hydrogen (secondary N) is 2. The third-order valence-corrected chi connectivity index (χ3v) is 5.06. The Morgan fingerprint density at radius 2 is 1.83 bits per heavy atom. The van der Waals surface area contributed by atoms with Gasteiger partial charge in [-0.25, -0.2) is 4.79 Å². The average molecular weight is 463 g/mol. The number of hydrogen-bond acceptors (Lipinski definition) is 5.